The van der Waals surface area contributed by atoms with Crippen molar-refractivity contribution >= 4 is 33.2 Å². The lowest BCUT2D eigenvalue weighted by molar-refractivity contribution is -0.137. The number of methoxy groups -OCH3 is 2. The van der Waals surface area contributed by atoms with Gasteiger partial charge in [0.2, 0.25) is 15.9 Å². The van der Waals surface area contributed by atoms with E-state index in [1.54, 1.807) is 30.3 Å². The maximum atomic E-state index is 13.1. The lowest BCUT2D eigenvalue weighted by Crippen LogP contribution is -2.45. The van der Waals surface area contributed by atoms with Gasteiger partial charge in [0.05, 0.1) is 35.4 Å². The van der Waals surface area contributed by atoms with Crippen LogP contribution in [0.25, 0.3) is 0 Å². The zero-order valence-corrected chi connectivity index (χ0v) is 20.7. The summed E-state index contributed by atoms with van der Waals surface area (Å²) in [5.41, 5.74) is -0.713. The number of amides is 1. The summed E-state index contributed by atoms with van der Waals surface area (Å²) in [5, 5.41) is 2.17. The topological polar surface area (TPSA) is 93.7 Å². The van der Waals surface area contributed by atoms with Gasteiger partial charge in [-0.3, -0.25) is 4.79 Å². The zero-order valence-electron chi connectivity index (χ0n) is 19.1. The maximum absolute atomic E-state index is 13.1. The molecule has 2 N–H and O–H groups in total. The largest absolute Gasteiger partial charge is 0.493 e. The number of halogens is 4. The predicted octanol–water partition coefficient (Wildman–Crippen LogP) is 4.90. The summed E-state index contributed by atoms with van der Waals surface area (Å²) in [5.74, 6) is -0.446. The number of nitrogens with one attached hydrogen (secondary N) is 2. The second kappa shape index (κ2) is 11.2. The third-order valence-electron chi connectivity index (χ3n) is 5.11. The number of ether oxygens (including phenoxy) is 2. The van der Waals surface area contributed by atoms with Crippen LogP contribution in [0.15, 0.2) is 71.6 Å². The van der Waals surface area contributed by atoms with E-state index in [1.165, 1.54) is 32.4 Å². The minimum Gasteiger partial charge on any atom is -0.493 e. The molecule has 0 heterocycles. The van der Waals surface area contributed by atoms with Crippen molar-refractivity contribution in [3.8, 4) is 11.5 Å². The van der Waals surface area contributed by atoms with Gasteiger partial charge in [-0.1, -0.05) is 41.9 Å². The first-order chi connectivity index (χ1) is 16.9. The second-order valence-electron chi connectivity index (χ2n) is 7.56. The van der Waals surface area contributed by atoms with Crippen LogP contribution >= 0.6 is 11.6 Å². The van der Waals surface area contributed by atoms with E-state index >= 15 is 0 Å². The van der Waals surface area contributed by atoms with E-state index in [9.17, 15) is 26.4 Å². The van der Waals surface area contributed by atoms with Crippen molar-refractivity contribution in [3.05, 3.63) is 82.9 Å². The molecular formula is C24H22ClF3N2O5S. The van der Waals surface area contributed by atoms with Crippen LogP contribution in [0.3, 0.4) is 0 Å². The molecular weight excluding hydrogens is 521 g/mol. The summed E-state index contributed by atoms with van der Waals surface area (Å²) >= 11 is 6.00. The molecule has 0 saturated heterocycles. The van der Waals surface area contributed by atoms with Gasteiger partial charge in [0, 0.05) is 6.07 Å². The first kappa shape index (κ1) is 27.3. The molecule has 3 rings (SSSR count). The SMILES string of the molecule is COc1ccc(S(=O)(=O)N[C@H](Cc2ccccc2)C(=O)Nc2cc(C(F)(F)F)ccc2Cl)cc1OC. The van der Waals surface area contributed by atoms with Gasteiger partial charge < -0.3 is 14.8 Å². The summed E-state index contributed by atoms with van der Waals surface area (Å²) in [7, 11) is -1.54. The summed E-state index contributed by atoms with van der Waals surface area (Å²) in [6.45, 7) is 0. The van der Waals surface area contributed by atoms with Crippen LogP contribution in [0.1, 0.15) is 11.1 Å². The van der Waals surface area contributed by atoms with Gasteiger partial charge in [-0.25, -0.2) is 8.42 Å². The van der Waals surface area contributed by atoms with Crippen LogP contribution in [0.4, 0.5) is 18.9 Å². The third-order valence-corrected chi connectivity index (χ3v) is 6.91. The van der Waals surface area contributed by atoms with Crippen LogP contribution in [0.5, 0.6) is 11.5 Å². The lowest BCUT2D eigenvalue weighted by Gasteiger charge is -2.20. The van der Waals surface area contributed by atoms with Crippen molar-refractivity contribution in [2.45, 2.75) is 23.5 Å². The van der Waals surface area contributed by atoms with Crippen LogP contribution in [0.2, 0.25) is 5.02 Å². The lowest BCUT2D eigenvalue weighted by atomic mass is 10.1. The molecule has 0 unspecified atom stereocenters. The molecule has 0 saturated carbocycles. The summed E-state index contributed by atoms with van der Waals surface area (Å²) in [4.78, 5) is 12.9. The molecule has 3 aromatic carbocycles. The highest BCUT2D eigenvalue weighted by atomic mass is 35.5. The number of hydrogen-bond donors (Lipinski definition) is 2. The highest BCUT2D eigenvalue weighted by molar-refractivity contribution is 7.89. The van der Waals surface area contributed by atoms with Gasteiger partial charge in [0.15, 0.2) is 11.5 Å². The Morgan fingerprint density at radius 2 is 1.64 bits per heavy atom. The summed E-state index contributed by atoms with van der Waals surface area (Å²) < 4.78 is 78.3. The Labute approximate surface area is 211 Å². The number of anilines is 1. The number of carbonyl (C=O) groups excluding carboxylic acids is 1. The molecule has 0 aliphatic carbocycles. The van der Waals surface area contributed by atoms with E-state index in [1.807, 2.05) is 0 Å². The van der Waals surface area contributed by atoms with E-state index in [4.69, 9.17) is 21.1 Å². The Balaban J connectivity index is 1.94. The van der Waals surface area contributed by atoms with Crippen molar-refractivity contribution < 1.29 is 35.9 Å². The number of hydrogen-bond acceptors (Lipinski definition) is 5. The molecule has 0 fully saturated rings. The Kier molecular flexibility index (Phi) is 8.49. The fourth-order valence-corrected chi connectivity index (χ4v) is 4.67. The molecule has 36 heavy (non-hydrogen) atoms. The molecule has 0 aromatic heterocycles. The Morgan fingerprint density at radius 3 is 2.25 bits per heavy atom. The molecule has 0 aliphatic rings. The average molecular weight is 543 g/mol. The smallest absolute Gasteiger partial charge is 0.416 e. The van der Waals surface area contributed by atoms with Crippen LogP contribution < -0.4 is 19.5 Å². The highest BCUT2D eigenvalue weighted by Gasteiger charge is 2.32. The summed E-state index contributed by atoms with van der Waals surface area (Å²) in [6, 6.07) is 13.5. The molecule has 1 atom stereocenters. The maximum Gasteiger partial charge on any atom is 0.416 e. The molecule has 1 amide bonds. The van der Waals surface area contributed by atoms with Crippen LogP contribution in [0, 0.1) is 0 Å². The third kappa shape index (κ3) is 6.68. The van der Waals surface area contributed by atoms with Crippen molar-refractivity contribution in [1.82, 2.24) is 4.72 Å². The molecule has 7 nitrogen and oxygen atoms in total. The van der Waals surface area contributed by atoms with Crippen molar-refractivity contribution in [3.63, 3.8) is 0 Å². The van der Waals surface area contributed by atoms with Crippen LogP contribution in [-0.4, -0.2) is 34.6 Å². The number of rotatable bonds is 9. The van der Waals surface area contributed by atoms with Crippen molar-refractivity contribution in [1.29, 1.82) is 0 Å². The van der Waals surface area contributed by atoms with Crippen molar-refractivity contribution in [2.75, 3.05) is 19.5 Å². The molecule has 12 heteroatoms. The fourth-order valence-electron chi connectivity index (χ4n) is 3.29. The fraction of sp³-hybridized carbons (Fsp3) is 0.208. The van der Waals surface area contributed by atoms with E-state index in [0.29, 0.717) is 17.4 Å². The van der Waals surface area contributed by atoms with Gasteiger partial charge in [0.25, 0.3) is 0 Å². The number of alkyl halides is 3. The minimum absolute atomic E-state index is 0.0875. The summed E-state index contributed by atoms with van der Waals surface area (Å²) in [6.07, 6.45) is -4.75. The minimum atomic E-state index is -4.66. The number of carbonyl (C=O) groups is 1. The molecule has 0 spiro atoms. The Bertz CT molecular complexity index is 1340. The Hall–Kier alpha value is -3.28. The van der Waals surface area contributed by atoms with Gasteiger partial charge in [0.1, 0.15) is 6.04 Å². The van der Waals surface area contributed by atoms with Crippen LogP contribution in [-0.2, 0) is 27.4 Å². The van der Waals surface area contributed by atoms with Gasteiger partial charge in [-0.15, -0.1) is 0 Å². The predicted molar refractivity (Wildman–Crippen MR) is 129 cm³/mol. The van der Waals surface area contributed by atoms with E-state index in [0.717, 1.165) is 12.1 Å². The highest BCUT2D eigenvalue weighted by Crippen LogP contribution is 2.34. The van der Waals surface area contributed by atoms with E-state index < -0.39 is 33.7 Å². The van der Waals surface area contributed by atoms with Gasteiger partial charge in [-0.2, -0.15) is 17.9 Å². The molecule has 0 bridgehead atoms. The van der Waals surface area contributed by atoms with E-state index in [2.05, 4.69) is 10.0 Å². The first-order valence-electron chi connectivity index (χ1n) is 10.4. The monoisotopic (exact) mass is 542 g/mol. The van der Waals surface area contributed by atoms with Gasteiger partial charge in [-0.05, 0) is 42.3 Å². The normalized spacial score (nSPS) is 12.6. The average Bonchev–Trinajstić information content (AvgIpc) is 2.84. The van der Waals surface area contributed by atoms with E-state index in [-0.39, 0.29) is 27.8 Å². The molecule has 3 aromatic rings. The standard InChI is InChI=1S/C24H22ClF3N2O5S/c1-34-21-11-9-17(14-22(21)35-2)36(32,33)30-20(12-15-6-4-3-5-7-15)23(31)29-19-13-16(24(26,27)28)8-10-18(19)25/h3-11,13-14,20,30H,12H2,1-2H3,(H,29,31)/t20-/m1/s1. The van der Waals surface area contributed by atoms with Crippen molar-refractivity contribution in [2.24, 2.45) is 0 Å². The Morgan fingerprint density at radius 1 is 0.972 bits per heavy atom. The zero-order chi connectivity index (χ0) is 26.5. The number of sulfonamides is 1. The quantitative estimate of drug-likeness (QED) is 0.401. The first-order valence-corrected chi connectivity index (χ1v) is 12.3. The second-order valence-corrected chi connectivity index (χ2v) is 9.68. The molecule has 0 aliphatic heterocycles. The number of benzene rings is 3. The van der Waals surface area contributed by atoms with Gasteiger partial charge >= 0.3 is 6.18 Å². The molecule has 192 valence electrons. The molecule has 0 radical (unpaired) electrons.